The van der Waals surface area contributed by atoms with Gasteiger partial charge in [-0.1, -0.05) is 6.92 Å². The van der Waals surface area contributed by atoms with Gasteiger partial charge in [0.05, 0.1) is 0 Å². The molecule has 0 bridgehead atoms. The molecule has 2 atom stereocenters. The molecule has 2 heterocycles. The quantitative estimate of drug-likeness (QED) is 0.838. The van der Waals surface area contributed by atoms with Crippen molar-refractivity contribution in [2.24, 2.45) is 18.9 Å². The summed E-state index contributed by atoms with van der Waals surface area (Å²) in [5.41, 5.74) is 0. The van der Waals surface area contributed by atoms with Gasteiger partial charge in [0.2, 0.25) is 0 Å². The summed E-state index contributed by atoms with van der Waals surface area (Å²) in [5, 5.41) is 7.78. The van der Waals surface area contributed by atoms with Crippen LogP contribution in [0, 0.1) is 18.8 Å². The average Bonchev–Trinajstić information content (AvgIpc) is 2.59. The van der Waals surface area contributed by atoms with Crippen LogP contribution < -0.4 is 5.32 Å². The zero-order valence-electron chi connectivity index (χ0n) is 10.5. The van der Waals surface area contributed by atoms with Crippen LogP contribution in [0.5, 0.6) is 0 Å². The van der Waals surface area contributed by atoms with Gasteiger partial charge in [0.15, 0.2) is 0 Å². The maximum absolute atomic E-state index is 4.48. The largest absolute Gasteiger partial charge is 0.316 e. The Balaban J connectivity index is 1.95. The second-order valence-electron chi connectivity index (χ2n) is 4.99. The van der Waals surface area contributed by atoms with Gasteiger partial charge < -0.3 is 5.32 Å². The summed E-state index contributed by atoms with van der Waals surface area (Å²) in [7, 11) is 1.99. The van der Waals surface area contributed by atoms with Crippen molar-refractivity contribution in [1.29, 1.82) is 0 Å². The standard InChI is InChI=1S/C12H22N4/c1-9(11-5-4-6-13-8-11)7-12-14-10(2)15-16(12)3/h9,11,13H,4-8H2,1-3H3. The Morgan fingerprint density at radius 2 is 2.38 bits per heavy atom. The van der Waals surface area contributed by atoms with Crippen molar-refractivity contribution >= 4 is 0 Å². The lowest BCUT2D eigenvalue weighted by atomic mass is 9.85. The molecule has 0 aliphatic carbocycles. The maximum atomic E-state index is 4.48. The van der Waals surface area contributed by atoms with Crippen LogP contribution in [0.3, 0.4) is 0 Å². The average molecular weight is 222 g/mol. The number of aryl methyl sites for hydroxylation is 2. The van der Waals surface area contributed by atoms with Gasteiger partial charge in [-0.05, 0) is 44.7 Å². The van der Waals surface area contributed by atoms with Crippen LogP contribution in [0.2, 0.25) is 0 Å². The number of nitrogens with one attached hydrogen (secondary N) is 1. The summed E-state index contributed by atoms with van der Waals surface area (Å²) >= 11 is 0. The minimum Gasteiger partial charge on any atom is -0.316 e. The highest BCUT2D eigenvalue weighted by atomic mass is 15.3. The highest BCUT2D eigenvalue weighted by molar-refractivity contribution is 4.93. The van der Waals surface area contributed by atoms with E-state index >= 15 is 0 Å². The molecule has 1 aromatic rings. The normalized spacial score (nSPS) is 23.3. The van der Waals surface area contributed by atoms with Crippen molar-refractivity contribution in [3.8, 4) is 0 Å². The lowest BCUT2D eigenvalue weighted by Gasteiger charge is -2.28. The molecule has 1 N–H and O–H groups in total. The number of aromatic nitrogens is 3. The molecule has 1 aromatic heterocycles. The fourth-order valence-corrected chi connectivity index (χ4v) is 2.55. The topological polar surface area (TPSA) is 42.7 Å². The number of rotatable bonds is 3. The van der Waals surface area contributed by atoms with E-state index in [4.69, 9.17) is 0 Å². The van der Waals surface area contributed by atoms with Gasteiger partial charge in [-0.3, -0.25) is 4.68 Å². The number of piperidine rings is 1. The highest BCUT2D eigenvalue weighted by Gasteiger charge is 2.21. The van der Waals surface area contributed by atoms with E-state index in [1.54, 1.807) is 0 Å². The molecule has 1 saturated heterocycles. The molecule has 2 rings (SSSR count). The van der Waals surface area contributed by atoms with Gasteiger partial charge in [-0.2, -0.15) is 5.10 Å². The highest BCUT2D eigenvalue weighted by Crippen LogP contribution is 2.22. The number of nitrogens with zero attached hydrogens (tertiary/aromatic N) is 3. The molecule has 0 radical (unpaired) electrons. The monoisotopic (exact) mass is 222 g/mol. The molecule has 1 aliphatic rings. The Labute approximate surface area is 97.5 Å². The van der Waals surface area contributed by atoms with Crippen LogP contribution in [0.25, 0.3) is 0 Å². The fourth-order valence-electron chi connectivity index (χ4n) is 2.55. The van der Waals surface area contributed by atoms with Gasteiger partial charge in [-0.25, -0.2) is 4.98 Å². The van der Waals surface area contributed by atoms with Gasteiger partial charge in [0.25, 0.3) is 0 Å². The van der Waals surface area contributed by atoms with Crippen molar-refractivity contribution in [2.75, 3.05) is 13.1 Å². The van der Waals surface area contributed by atoms with E-state index in [1.165, 1.54) is 19.4 Å². The fraction of sp³-hybridized carbons (Fsp3) is 0.833. The Bertz CT molecular complexity index is 339. The minimum atomic E-state index is 0.690. The Kier molecular flexibility index (Phi) is 3.59. The molecule has 2 unspecified atom stereocenters. The smallest absolute Gasteiger partial charge is 0.147 e. The third-order valence-corrected chi connectivity index (χ3v) is 3.60. The van der Waals surface area contributed by atoms with Crippen LogP contribution in [0.4, 0.5) is 0 Å². The Morgan fingerprint density at radius 1 is 1.56 bits per heavy atom. The van der Waals surface area contributed by atoms with E-state index in [-0.39, 0.29) is 0 Å². The summed E-state index contributed by atoms with van der Waals surface area (Å²) in [6.07, 6.45) is 3.71. The van der Waals surface area contributed by atoms with E-state index in [0.29, 0.717) is 5.92 Å². The van der Waals surface area contributed by atoms with Crippen molar-refractivity contribution in [3.05, 3.63) is 11.6 Å². The van der Waals surface area contributed by atoms with Crippen molar-refractivity contribution < 1.29 is 0 Å². The molecule has 0 saturated carbocycles. The van der Waals surface area contributed by atoms with E-state index in [9.17, 15) is 0 Å². The molecular weight excluding hydrogens is 200 g/mol. The van der Waals surface area contributed by atoms with Crippen molar-refractivity contribution in [3.63, 3.8) is 0 Å². The summed E-state index contributed by atoms with van der Waals surface area (Å²) < 4.78 is 1.92. The molecule has 0 aromatic carbocycles. The third kappa shape index (κ3) is 2.61. The van der Waals surface area contributed by atoms with Gasteiger partial charge in [0.1, 0.15) is 11.6 Å². The molecule has 0 amide bonds. The van der Waals surface area contributed by atoms with Crippen LogP contribution in [-0.4, -0.2) is 27.9 Å². The van der Waals surface area contributed by atoms with Crippen LogP contribution in [-0.2, 0) is 13.5 Å². The predicted molar refractivity (Wildman–Crippen MR) is 64.2 cm³/mol. The second-order valence-corrected chi connectivity index (χ2v) is 4.99. The zero-order chi connectivity index (χ0) is 11.5. The lowest BCUT2D eigenvalue weighted by molar-refractivity contribution is 0.274. The van der Waals surface area contributed by atoms with E-state index in [1.807, 2.05) is 18.7 Å². The zero-order valence-corrected chi connectivity index (χ0v) is 10.5. The number of hydrogen-bond acceptors (Lipinski definition) is 3. The van der Waals surface area contributed by atoms with E-state index in [0.717, 1.165) is 30.5 Å². The third-order valence-electron chi connectivity index (χ3n) is 3.60. The van der Waals surface area contributed by atoms with Crippen molar-refractivity contribution in [1.82, 2.24) is 20.1 Å². The second kappa shape index (κ2) is 4.95. The van der Waals surface area contributed by atoms with Crippen LogP contribution in [0.15, 0.2) is 0 Å². The SMILES string of the molecule is Cc1nc(CC(C)C2CCCNC2)n(C)n1. The molecule has 90 valence electrons. The molecular formula is C12H22N4. The summed E-state index contributed by atoms with van der Waals surface area (Å²) in [6.45, 7) is 6.64. The maximum Gasteiger partial charge on any atom is 0.147 e. The first-order valence-corrected chi connectivity index (χ1v) is 6.24. The summed E-state index contributed by atoms with van der Waals surface area (Å²) in [6, 6.07) is 0. The first kappa shape index (κ1) is 11.6. The van der Waals surface area contributed by atoms with Gasteiger partial charge >= 0.3 is 0 Å². The summed E-state index contributed by atoms with van der Waals surface area (Å²) in [4.78, 5) is 4.48. The van der Waals surface area contributed by atoms with Gasteiger partial charge in [0, 0.05) is 13.5 Å². The Hall–Kier alpha value is -0.900. The molecule has 4 nitrogen and oxygen atoms in total. The Morgan fingerprint density at radius 3 is 2.94 bits per heavy atom. The van der Waals surface area contributed by atoms with Crippen molar-refractivity contribution in [2.45, 2.75) is 33.1 Å². The lowest BCUT2D eigenvalue weighted by Crippen LogP contribution is -2.34. The number of hydrogen-bond donors (Lipinski definition) is 1. The van der Waals surface area contributed by atoms with E-state index in [2.05, 4.69) is 22.3 Å². The molecule has 16 heavy (non-hydrogen) atoms. The van der Waals surface area contributed by atoms with Crippen LogP contribution in [0.1, 0.15) is 31.4 Å². The molecule has 4 heteroatoms. The first-order valence-electron chi connectivity index (χ1n) is 6.24. The molecule has 0 spiro atoms. The minimum absolute atomic E-state index is 0.690. The van der Waals surface area contributed by atoms with Crippen LogP contribution >= 0.6 is 0 Å². The molecule has 1 aliphatic heterocycles. The predicted octanol–water partition coefficient (Wildman–Crippen LogP) is 1.30. The first-order chi connectivity index (χ1) is 7.66. The van der Waals surface area contributed by atoms with E-state index < -0.39 is 0 Å². The summed E-state index contributed by atoms with van der Waals surface area (Å²) in [5.74, 6) is 3.49. The van der Waals surface area contributed by atoms with Gasteiger partial charge in [-0.15, -0.1) is 0 Å². The molecule has 1 fully saturated rings.